The molecule has 2 rings (SSSR count). The van der Waals surface area contributed by atoms with Crippen molar-refractivity contribution in [3.63, 3.8) is 0 Å². The van der Waals surface area contributed by atoms with Crippen LogP contribution >= 0.6 is 0 Å². The number of carboxylic acid groups (broad SMARTS) is 1. The number of aromatic nitrogens is 1. The van der Waals surface area contributed by atoms with Crippen molar-refractivity contribution in [1.82, 2.24) is 4.98 Å². The maximum absolute atomic E-state index is 11.2. The number of hydrogen-bond donors (Lipinski definition) is 1. The van der Waals surface area contributed by atoms with Gasteiger partial charge < -0.3 is 5.11 Å². The van der Waals surface area contributed by atoms with E-state index in [0.29, 0.717) is 11.5 Å². The molecule has 3 heteroatoms. The lowest BCUT2D eigenvalue weighted by molar-refractivity contribution is 0.0694. The Labute approximate surface area is 95.5 Å². The van der Waals surface area contributed by atoms with Gasteiger partial charge in [0.25, 0.3) is 0 Å². The van der Waals surface area contributed by atoms with Crippen molar-refractivity contribution in [2.24, 2.45) is 0 Å². The van der Waals surface area contributed by atoms with E-state index >= 15 is 0 Å². The lowest BCUT2D eigenvalue weighted by Gasteiger charge is -2.22. The highest BCUT2D eigenvalue weighted by Crippen LogP contribution is 2.33. The van der Waals surface area contributed by atoms with Crippen molar-refractivity contribution in [3.8, 4) is 0 Å². The fraction of sp³-hybridized carbons (Fsp3) is 0.538. The number of rotatable bonds is 2. The van der Waals surface area contributed by atoms with E-state index in [9.17, 15) is 9.90 Å². The third kappa shape index (κ3) is 2.23. The largest absolute Gasteiger partial charge is 0.478 e. The average molecular weight is 219 g/mol. The van der Waals surface area contributed by atoms with E-state index in [2.05, 4.69) is 4.98 Å². The molecule has 1 N–H and O–H groups in total. The molecule has 3 nitrogen and oxygen atoms in total. The topological polar surface area (TPSA) is 50.2 Å². The van der Waals surface area contributed by atoms with Crippen molar-refractivity contribution in [2.75, 3.05) is 0 Å². The number of carboxylic acids is 1. The first-order valence-electron chi connectivity index (χ1n) is 5.88. The van der Waals surface area contributed by atoms with E-state index in [1.54, 1.807) is 12.3 Å². The predicted molar refractivity (Wildman–Crippen MR) is 61.8 cm³/mol. The molecule has 0 amide bonds. The monoisotopic (exact) mass is 219 g/mol. The first-order valence-corrected chi connectivity index (χ1v) is 5.88. The first-order chi connectivity index (χ1) is 7.68. The summed E-state index contributed by atoms with van der Waals surface area (Å²) in [5, 5.41) is 9.18. The fourth-order valence-electron chi connectivity index (χ4n) is 2.45. The molecule has 0 bridgehead atoms. The second-order valence-corrected chi connectivity index (χ2v) is 4.59. The molecule has 0 spiro atoms. The molecule has 1 aromatic rings. The number of pyridine rings is 1. The molecule has 0 atom stereocenters. The van der Waals surface area contributed by atoms with Gasteiger partial charge in [0.05, 0.1) is 11.3 Å². The standard InChI is InChI=1S/C13H17NO2/c1-9-7-11(13(15)16)12(14-8-9)10-5-3-2-4-6-10/h7-8,10H,2-6H2,1H3,(H,15,16). The smallest absolute Gasteiger partial charge is 0.337 e. The number of aryl methyl sites for hydroxylation is 1. The van der Waals surface area contributed by atoms with Gasteiger partial charge in [-0.1, -0.05) is 19.3 Å². The highest BCUT2D eigenvalue weighted by Gasteiger charge is 2.22. The maximum atomic E-state index is 11.2. The molecule has 0 aliphatic heterocycles. The van der Waals surface area contributed by atoms with Crippen LogP contribution in [0.5, 0.6) is 0 Å². The zero-order valence-corrected chi connectivity index (χ0v) is 9.57. The molecule has 1 aliphatic carbocycles. The van der Waals surface area contributed by atoms with Gasteiger partial charge in [-0.3, -0.25) is 4.98 Å². The van der Waals surface area contributed by atoms with Gasteiger partial charge in [-0.2, -0.15) is 0 Å². The molecular weight excluding hydrogens is 202 g/mol. The molecule has 1 aliphatic rings. The quantitative estimate of drug-likeness (QED) is 0.831. The van der Waals surface area contributed by atoms with Crippen LogP contribution in [0.2, 0.25) is 0 Å². The lowest BCUT2D eigenvalue weighted by Crippen LogP contribution is -2.12. The molecule has 1 fully saturated rings. The molecule has 1 aromatic heterocycles. The van der Waals surface area contributed by atoms with E-state index in [-0.39, 0.29) is 0 Å². The van der Waals surface area contributed by atoms with Gasteiger partial charge in [-0.25, -0.2) is 4.79 Å². The van der Waals surface area contributed by atoms with Crippen LogP contribution in [-0.4, -0.2) is 16.1 Å². The van der Waals surface area contributed by atoms with Gasteiger partial charge in [0, 0.05) is 12.1 Å². The lowest BCUT2D eigenvalue weighted by atomic mass is 9.85. The summed E-state index contributed by atoms with van der Waals surface area (Å²) in [6.45, 7) is 1.88. The second-order valence-electron chi connectivity index (χ2n) is 4.59. The molecule has 0 saturated heterocycles. The van der Waals surface area contributed by atoms with Crippen LogP contribution in [-0.2, 0) is 0 Å². The Balaban J connectivity index is 2.34. The Hall–Kier alpha value is -1.38. The molecule has 0 aromatic carbocycles. The SMILES string of the molecule is Cc1cnc(C2CCCCC2)c(C(=O)O)c1. The molecule has 0 radical (unpaired) electrons. The normalized spacial score (nSPS) is 17.3. The van der Waals surface area contributed by atoms with Crippen LogP contribution in [0.15, 0.2) is 12.3 Å². The zero-order valence-electron chi connectivity index (χ0n) is 9.57. The van der Waals surface area contributed by atoms with E-state index in [0.717, 1.165) is 24.1 Å². The van der Waals surface area contributed by atoms with Gasteiger partial charge in [-0.05, 0) is 31.4 Å². The van der Waals surface area contributed by atoms with Crippen molar-refractivity contribution in [3.05, 3.63) is 29.1 Å². The molecule has 16 heavy (non-hydrogen) atoms. The minimum Gasteiger partial charge on any atom is -0.478 e. The summed E-state index contributed by atoms with van der Waals surface area (Å²) in [7, 11) is 0. The van der Waals surface area contributed by atoms with Gasteiger partial charge in [0.15, 0.2) is 0 Å². The summed E-state index contributed by atoms with van der Waals surface area (Å²) in [6, 6.07) is 1.74. The summed E-state index contributed by atoms with van der Waals surface area (Å²) in [5.74, 6) is -0.503. The molecule has 1 heterocycles. The Morgan fingerprint density at radius 3 is 2.69 bits per heavy atom. The van der Waals surface area contributed by atoms with Gasteiger partial charge in [0.2, 0.25) is 0 Å². The van der Waals surface area contributed by atoms with Gasteiger partial charge in [-0.15, -0.1) is 0 Å². The Kier molecular flexibility index (Phi) is 3.22. The minimum atomic E-state index is -0.850. The predicted octanol–water partition coefficient (Wildman–Crippen LogP) is 3.14. The van der Waals surface area contributed by atoms with E-state index in [1.807, 2.05) is 6.92 Å². The van der Waals surface area contributed by atoms with Crippen LogP contribution in [0.25, 0.3) is 0 Å². The number of nitrogens with zero attached hydrogens (tertiary/aromatic N) is 1. The highest BCUT2D eigenvalue weighted by molar-refractivity contribution is 5.89. The van der Waals surface area contributed by atoms with Crippen molar-refractivity contribution < 1.29 is 9.90 Å². The summed E-state index contributed by atoms with van der Waals surface area (Å²) in [5.41, 5.74) is 2.10. The number of hydrogen-bond acceptors (Lipinski definition) is 2. The summed E-state index contributed by atoms with van der Waals surface area (Å²) >= 11 is 0. The zero-order chi connectivity index (χ0) is 11.5. The number of aromatic carboxylic acids is 1. The average Bonchev–Trinajstić information content (AvgIpc) is 2.30. The maximum Gasteiger partial charge on any atom is 0.337 e. The Morgan fingerprint density at radius 2 is 2.06 bits per heavy atom. The highest BCUT2D eigenvalue weighted by atomic mass is 16.4. The molecule has 86 valence electrons. The third-order valence-corrected chi connectivity index (χ3v) is 3.28. The number of carbonyl (C=O) groups is 1. The van der Waals surface area contributed by atoms with Crippen LogP contribution in [0, 0.1) is 6.92 Å². The second kappa shape index (κ2) is 4.64. The van der Waals surface area contributed by atoms with Gasteiger partial charge in [0.1, 0.15) is 0 Å². The van der Waals surface area contributed by atoms with Gasteiger partial charge >= 0.3 is 5.97 Å². The van der Waals surface area contributed by atoms with E-state index in [1.165, 1.54) is 19.3 Å². The molecule has 1 saturated carbocycles. The summed E-state index contributed by atoms with van der Waals surface area (Å²) < 4.78 is 0. The van der Waals surface area contributed by atoms with Crippen molar-refractivity contribution >= 4 is 5.97 Å². The Bertz CT molecular complexity index is 395. The van der Waals surface area contributed by atoms with Crippen LogP contribution in [0.1, 0.15) is 59.6 Å². The van der Waals surface area contributed by atoms with Crippen LogP contribution in [0.4, 0.5) is 0 Å². The Morgan fingerprint density at radius 1 is 1.38 bits per heavy atom. The van der Waals surface area contributed by atoms with Crippen LogP contribution < -0.4 is 0 Å². The molecule has 0 unspecified atom stereocenters. The fourth-order valence-corrected chi connectivity index (χ4v) is 2.45. The van der Waals surface area contributed by atoms with Crippen molar-refractivity contribution in [1.29, 1.82) is 0 Å². The summed E-state index contributed by atoms with van der Waals surface area (Å²) in [4.78, 5) is 15.5. The third-order valence-electron chi connectivity index (χ3n) is 3.28. The van der Waals surface area contributed by atoms with E-state index < -0.39 is 5.97 Å². The first kappa shape index (κ1) is 11.1. The minimum absolute atomic E-state index is 0.348. The summed E-state index contributed by atoms with van der Waals surface area (Å²) in [6.07, 6.45) is 7.59. The van der Waals surface area contributed by atoms with E-state index in [4.69, 9.17) is 0 Å². The van der Waals surface area contributed by atoms with Crippen LogP contribution in [0.3, 0.4) is 0 Å². The molecular formula is C13H17NO2. The van der Waals surface area contributed by atoms with Crippen molar-refractivity contribution in [2.45, 2.75) is 44.9 Å².